The first-order valence-corrected chi connectivity index (χ1v) is 9.68. The van der Waals surface area contributed by atoms with Crippen LogP contribution in [0.3, 0.4) is 0 Å². The molecule has 1 aliphatic heterocycles. The lowest BCUT2D eigenvalue weighted by molar-refractivity contribution is 0.390. The molecule has 7 nitrogen and oxygen atoms in total. The number of anilines is 1. The fourth-order valence-corrected chi connectivity index (χ4v) is 4.14. The highest BCUT2D eigenvalue weighted by Gasteiger charge is 2.32. The molecule has 4 heterocycles. The number of piperidine rings is 1. The Hall–Kier alpha value is -2.96. The monoisotopic (exact) mass is 360 g/mol. The fraction of sp³-hybridized carbons (Fsp3) is 0.400. The SMILES string of the molecule is c1ccc2oc(C3CCCCN3c3ncnc4c3ncn4C3CC3)nc2c1. The third-order valence-electron chi connectivity index (χ3n) is 5.65. The Balaban J connectivity index is 1.45. The van der Waals surface area contributed by atoms with Crippen molar-refractivity contribution >= 4 is 28.1 Å². The van der Waals surface area contributed by atoms with Gasteiger partial charge in [-0.05, 0) is 44.2 Å². The number of benzene rings is 1. The summed E-state index contributed by atoms with van der Waals surface area (Å²) in [6, 6.07) is 8.57. The molecule has 1 aliphatic carbocycles. The van der Waals surface area contributed by atoms with Gasteiger partial charge < -0.3 is 13.9 Å². The predicted octanol–water partition coefficient (Wildman–Crippen LogP) is 4.03. The second kappa shape index (κ2) is 5.77. The zero-order valence-electron chi connectivity index (χ0n) is 15.0. The lowest BCUT2D eigenvalue weighted by Gasteiger charge is -2.34. The van der Waals surface area contributed by atoms with Crippen molar-refractivity contribution in [3.8, 4) is 0 Å². The van der Waals surface area contributed by atoms with Gasteiger partial charge in [0.2, 0.25) is 5.89 Å². The summed E-state index contributed by atoms with van der Waals surface area (Å²) in [6.07, 6.45) is 9.28. The van der Waals surface area contributed by atoms with E-state index in [1.807, 2.05) is 30.6 Å². The number of fused-ring (bicyclic) bond motifs is 2. The zero-order valence-corrected chi connectivity index (χ0v) is 15.0. The lowest BCUT2D eigenvalue weighted by atomic mass is 10.0. The summed E-state index contributed by atoms with van der Waals surface area (Å²) in [6.45, 7) is 0.922. The van der Waals surface area contributed by atoms with E-state index in [1.165, 1.54) is 12.8 Å². The second-order valence-corrected chi connectivity index (χ2v) is 7.48. The number of imidazole rings is 1. The van der Waals surface area contributed by atoms with Gasteiger partial charge in [-0.25, -0.2) is 19.9 Å². The van der Waals surface area contributed by atoms with Gasteiger partial charge in [0.25, 0.3) is 0 Å². The third-order valence-corrected chi connectivity index (χ3v) is 5.65. The Morgan fingerprint density at radius 1 is 1.00 bits per heavy atom. The van der Waals surface area contributed by atoms with Gasteiger partial charge in [-0.15, -0.1) is 0 Å². The number of hydrogen-bond donors (Lipinski definition) is 0. The van der Waals surface area contributed by atoms with Gasteiger partial charge in [0.05, 0.1) is 6.33 Å². The molecule has 3 aromatic heterocycles. The Morgan fingerprint density at radius 3 is 2.81 bits per heavy atom. The molecule has 7 heteroatoms. The van der Waals surface area contributed by atoms with Gasteiger partial charge in [-0.1, -0.05) is 12.1 Å². The largest absolute Gasteiger partial charge is 0.438 e. The first kappa shape index (κ1) is 15.1. The Kier molecular flexibility index (Phi) is 3.23. The minimum absolute atomic E-state index is 0.0790. The smallest absolute Gasteiger partial charge is 0.218 e. The van der Waals surface area contributed by atoms with Crippen LogP contribution in [0.4, 0.5) is 5.82 Å². The molecule has 1 aromatic carbocycles. The summed E-state index contributed by atoms with van der Waals surface area (Å²) in [5.41, 5.74) is 3.56. The number of hydrogen-bond acceptors (Lipinski definition) is 6. The molecule has 27 heavy (non-hydrogen) atoms. The fourth-order valence-electron chi connectivity index (χ4n) is 4.14. The number of nitrogens with zero attached hydrogens (tertiary/aromatic N) is 6. The molecule has 1 atom stereocenters. The van der Waals surface area contributed by atoms with Crippen LogP contribution in [0, 0.1) is 0 Å². The molecule has 136 valence electrons. The van der Waals surface area contributed by atoms with E-state index >= 15 is 0 Å². The van der Waals surface area contributed by atoms with Gasteiger partial charge in [-0.3, -0.25) is 0 Å². The van der Waals surface area contributed by atoms with E-state index in [-0.39, 0.29) is 6.04 Å². The molecule has 1 saturated heterocycles. The van der Waals surface area contributed by atoms with E-state index in [9.17, 15) is 0 Å². The Morgan fingerprint density at radius 2 is 1.93 bits per heavy atom. The average molecular weight is 360 g/mol. The van der Waals surface area contributed by atoms with E-state index in [0.717, 1.165) is 59.8 Å². The second-order valence-electron chi connectivity index (χ2n) is 7.48. The van der Waals surface area contributed by atoms with Crippen LogP contribution in [0.5, 0.6) is 0 Å². The van der Waals surface area contributed by atoms with Crippen LogP contribution in [0.1, 0.15) is 50.1 Å². The van der Waals surface area contributed by atoms with Gasteiger partial charge in [0, 0.05) is 12.6 Å². The van der Waals surface area contributed by atoms with Crippen molar-refractivity contribution < 1.29 is 4.42 Å². The summed E-state index contributed by atoms with van der Waals surface area (Å²) in [7, 11) is 0. The molecule has 4 aromatic rings. The molecule has 0 radical (unpaired) electrons. The number of rotatable bonds is 3. The van der Waals surface area contributed by atoms with Crippen LogP contribution >= 0.6 is 0 Å². The van der Waals surface area contributed by atoms with Crippen molar-refractivity contribution in [1.29, 1.82) is 0 Å². The maximum absolute atomic E-state index is 6.10. The van der Waals surface area contributed by atoms with Crippen LogP contribution in [0.2, 0.25) is 0 Å². The Bertz CT molecular complexity index is 1090. The molecule has 1 unspecified atom stereocenters. The topological polar surface area (TPSA) is 72.9 Å². The van der Waals surface area contributed by atoms with Crippen molar-refractivity contribution in [2.75, 3.05) is 11.4 Å². The molecule has 2 fully saturated rings. The average Bonchev–Trinajstić information content (AvgIpc) is 3.31. The van der Waals surface area contributed by atoms with Crippen molar-refractivity contribution in [3.63, 3.8) is 0 Å². The predicted molar refractivity (Wildman–Crippen MR) is 102 cm³/mol. The van der Waals surface area contributed by atoms with Crippen LogP contribution < -0.4 is 4.90 Å². The van der Waals surface area contributed by atoms with Gasteiger partial charge in [0.1, 0.15) is 17.9 Å². The van der Waals surface area contributed by atoms with Crippen molar-refractivity contribution in [2.45, 2.75) is 44.2 Å². The highest BCUT2D eigenvalue weighted by atomic mass is 16.3. The molecule has 0 spiro atoms. The summed E-state index contributed by atoms with van der Waals surface area (Å²) in [4.78, 5) is 20.9. The molecule has 2 aliphatic rings. The first-order valence-electron chi connectivity index (χ1n) is 9.68. The first-order chi connectivity index (χ1) is 13.4. The maximum Gasteiger partial charge on any atom is 0.218 e. The highest BCUT2D eigenvalue weighted by Crippen LogP contribution is 2.40. The Labute approximate surface area is 156 Å². The number of aromatic nitrogens is 5. The molecule has 1 saturated carbocycles. The summed E-state index contributed by atoms with van der Waals surface area (Å²) in [5.74, 6) is 1.66. The summed E-state index contributed by atoms with van der Waals surface area (Å²) < 4.78 is 8.30. The van der Waals surface area contributed by atoms with Gasteiger partial charge >= 0.3 is 0 Å². The van der Waals surface area contributed by atoms with Crippen LogP contribution in [0.15, 0.2) is 41.3 Å². The zero-order chi connectivity index (χ0) is 17.8. The molecule has 0 N–H and O–H groups in total. The summed E-state index contributed by atoms with van der Waals surface area (Å²) >= 11 is 0. The number of para-hydroxylation sites is 2. The normalized spacial score (nSPS) is 20.6. The third kappa shape index (κ3) is 2.41. The minimum Gasteiger partial charge on any atom is -0.438 e. The lowest BCUT2D eigenvalue weighted by Crippen LogP contribution is -2.34. The van der Waals surface area contributed by atoms with Crippen LogP contribution in [0.25, 0.3) is 22.3 Å². The number of oxazole rings is 1. The van der Waals surface area contributed by atoms with E-state index < -0.39 is 0 Å². The van der Waals surface area contributed by atoms with Crippen LogP contribution in [-0.2, 0) is 0 Å². The van der Waals surface area contributed by atoms with Crippen LogP contribution in [-0.4, -0.2) is 31.0 Å². The quantitative estimate of drug-likeness (QED) is 0.549. The van der Waals surface area contributed by atoms with Gasteiger partial charge in [-0.2, -0.15) is 0 Å². The highest BCUT2D eigenvalue weighted by molar-refractivity contribution is 5.84. The molecular weight excluding hydrogens is 340 g/mol. The minimum atomic E-state index is 0.0790. The molecule has 0 bridgehead atoms. The summed E-state index contributed by atoms with van der Waals surface area (Å²) in [5, 5.41) is 0. The molecule has 6 rings (SSSR count). The van der Waals surface area contributed by atoms with Crippen molar-refractivity contribution in [3.05, 3.63) is 42.8 Å². The maximum atomic E-state index is 6.10. The molecular formula is C20H20N6O. The van der Waals surface area contributed by atoms with E-state index in [0.29, 0.717) is 6.04 Å². The van der Waals surface area contributed by atoms with Crippen molar-refractivity contribution in [1.82, 2.24) is 24.5 Å². The van der Waals surface area contributed by atoms with E-state index in [1.54, 1.807) is 6.33 Å². The van der Waals surface area contributed by atoms with Crippen molar-refractivity contribution in [2.24, 2.45) is 0 Å². The molecule has 0 amide bonds. The standard InChI is InChI=1S/C20H20N6O/c1-2-7-16-14(5-1)24-20(27-16)15-6-3-4-10-25(15)18-17-19(22-11-21-18)26(12-23-17)13-8-9-13/h1-2,5,7,11-13,15H,3-4,6,8-10H2. The van der Waals surface area contributed by atoms with E-state index in [4.69, 9.17) is 9.40 Å². The van der Waals surface area contributed by atoms with E-state index in [2.05, 4.69) is 24.4 Å². The van der Waals surface area contributed by atoms with Gasteiger partial charge in [0.15, 0.2) is 22.6 Å².